The smallest absolute Gasteiger partial charge is 0.216 e. The van der Waals surface area contributed by atoms with Gasteiger partial charge in [-0.2, -0.15) is 0 Å². The molecule has 3 heteroatoms. The Balaban J connectivity index is 2.26. The van der Waals surface area contributed by atoms with E-state index in [0.717, 1.165) is 18.0 Å². The summed E-state index contributed by atoms with van der Waals surface area (Å²) in [5, 5.41) is 0. The van der Waals surface area contributed by atoms with Gasteiger partial charge in [0.25, 0.3) is 0 Å². The van der Waals surface area contributed by atoms with E-state index in [2.05, 4.69) is 24.0 Å². The standard InChI is InChI=1S/C12H16N2O/c1-9(8-13)10-3-2-4-11(7-10)12-14-5-6-15-12/h2-4,7,9H,5-6,8,13H2,1H3. The molecule has 1 heterocycles. The van der Waals surface area contributed by atoms with E-state index in [4.69, 9.17) is 10.5 Å². The lowest BCUT2D eigenvalue weighted by molar-refractivity contribution is 0.348. The predicted octanol–water partition coefficient (Wildman–Crippen LogP) is 1.53. The first-order valence-electron chi connectivity index (χ1n) is 5.29. The molecule has 1 aliphatic rings. The van der Waals surface area contributed by atoms with Crippen LogP contribution in [0.1, 0.15) is 24.0 Å². The molecule has 0 saturated heterocycles. The molecule has 2 rings (SSSR count). The fourth-order valence-corrected chi connectivity index (χ4v) is 1.62. The van der Waals surface area contributed by atoms with Crippen LogP contribution in [-0.4, -0.2) is 25.6 Å². The van der Waals surface area contributed by atoms with E-state index in [1.165, 1.54) is 5.56 Å². The van der Waals surface area contributed by atoms with Crippen molar-refractivity contribution >= 4 is 5.90 Å². The maximum absolute atomic E-state index is 5.65. The molecule has 2 N–H and O–H groups in total. The van der Waals surface area contributed by atoms with E-state index < -0.39 is 0 Å². The maximum atomic E-state index is 5.65. The van der Waals surface area contributed by atoms with Gasteiger partial charge in [-0.25, -0.2) is 4.99 Å². The summed E-state index contributed by atoms with van der Waals surface area (Å²) in [4.78, 5) is 4.30. The van der Waals surface area contributed by atoms with Crippen LogP contribution < -0.4 is 5.73 Å². The van der Waals surface area contributed by atoms with Crippen LogP contribution in [0.4, 0.5) is 0 Å². The van der Waals surface area contributed by atoms with Crippen molar-refractivity contribution in [1.82, 2.24) is 0 Å². The third kappa shape index (κ3) is 2.18. The van der Waals surface area contributed by atoms with Crippen LogP contribution in [-0.2, 0) is 4.74 Å². The highest BCUT2D eigenvalue weighted by atomic mass is 16.5. The summed E-state index contributed by atoms with van der Waals surface area (Å²) in [6, 6.07) is 8.26. The quantitative estimate of drug-likeness (QED) is 0.811. The molecular weight excluding hydrogens is 188 g/mol. The van der Waals surface area contributed by atoms with Gasteiger partial charge in [0, 0.05) is 5.56 Å². The van der Waals surface area contributed by atoms with Crippen LogP contribution in [0.15, 0.2) is 29.3 Å². The Morgan fingerprint density at radius 2 is 2.40 bits per heavy atom. The molecule has 1 aromatic carbocycles. The molecule has 1 aliphatic heterocycles. The minimum atomic E-state index is 0.381. The second-order valence-corrected chi connectivity index (χ2v) is 3.80. The number of aliphatic imine (C=N–C) groups is 1. The van der Waals surface area contributed by atoms with E-state index >= 15 is 0 Å². The lowest BCUT2D eigenvalue weighted by Crippen LogP contribution is -2.10. The summed E-state index contributed by atoms with van der Waals surface area (Å²) >= 11 is 0. The third-order valence-electron chi connectivity index (χ3n) is 2.64. The number of nitrogens with zero attached hydrogens (tertiary/aromatic N) is 1. The molecule has 0 spiro atoms. The summed E-state index contributed by atoms with van der Waals surface area (Å²) in [5.74, 6) is 1.15. The molecule has 15 heavy (non-hydrogen) atoms. The average Bonchev–Trinajstić information content (AvgIpc) is 2.82. The maximum Gasteiger partial charge on any atom is 0.216 e. The molecule has 1 unspecified atom stereocenters. The molecule has 0 aliphatic carbocycles. The van der Waals surface area contributed by atoms with Gasteiger partial charge in [0.2, 0.25) is 5.90 Å². The molecular formula is C12H16N2O. The van der Waals surface area contributed by atoms with Crippen molar-refractivity contribution in [2.24, 2.45) is 10.7 Å². The van der Waals surface area contributed by atoms with Crippen molar-refractivity contribution in [3.8, 4) is 0 Å². The molecule has 0 radical (unpaired) electrons. The first-order chi connectivity index (χ1) is 7.31. The zero-order valence-corrected chi connectivity index (χ0v) is 8.94. The second-order valence-electron chi connectivity index (χ2n) is 3.80. The Bertz CT molecular complexity index is 374. The van der Waals surface area contributed by atoms with Gasteiger partial charge in [-0.1, -0.05) is 19.1 Å². The van der Waals surface area contributed by atoms with Crippen molar-refractivity contribution in [2.45, 2.75) is 12.8 Å². The summed E-state index contributed by atoms with van der Waals surface area (Å²) < 4.78 is 5.43. The van der Waals surface area contributed by atoms with E-state index in [1.54, 1.807) is 0 Å². The minimum absolute atomic E-state index is 0.381. The Labute approximate surface area is 90.0 Å². The summed E-state index contributed by atoms with van der Waals surface area (Å²) in [7, 11) is 0. The molecule has 0 amide bonds. The number of ether oxygens (including phenoxy) is 1. The Morgan fingerprint density at radius 3 is 3.07 bits per heavy atom. The van der Waals surface area contributed by atoms with Crippen LogP contribution in [0, 0.1) is 0 Å². The van der Waals surface area contributed by atoms with E-state index in [-0.39, 0.29) is 0 Å². The van der Waals surface area contributed by atoms with Gasteiger partial charge in [0.05, 0.1) is 6.54 Å². The fraction of sp³-hybridized carbons (Fsp3) is 0.417. The van der Waals surface area contributed by atoms with Crippen molar-refractivity contribution < 1.29 is 4.74 Å². The summed E-state index contributed by atoms with van der Waals surface area (Å²) in [5.41, 5.74) is 7.95. The Morgan fingerprint density at radius 1 is 1.53 bits per heavy atom. The molecule has 0 bridgehead atoms. The monoisotopic (exact) mass is 204 g/mol. The largest absolute Gasteiger partial charge is 0.476 e. The average molecular weight is 204 g/mol. The second kappa shape index (κ2) is 4.45. The van der Waals surface area contributed by atoms with Gasteiger partial charge in [-0.15, -0.1) is 0 Å². The highest BCUT2D eigenvalue weighted by molar-refractivity contribution is 5.95. The summed E-state index contributed by atoms with van der Waals surface area (Å²) in [6.07, 6.45) is 0. The molecule has 1 aromatic rings. The minimum Gasteiger partial charge on any atom is -0.476 e. The van der Waals surface area contributed by atoms with Gasteiger partial charge in [0.15, 0.2) is 0 Å². The van der Waals surface area contributed by atoms with Crippen molar-refractivity contribution in [2.75, 3.05) is 19.7 Å². The predicted molar refractivity (Wildman–Crippen MR) is 61.3 cm³/mol. The lowest BCUT2D eigenvalue weighted by Gasteiger charge is -2.10. The molecule has 1 atom stereocenters. The van der Waals surface area contributed by atoms with Gasteiger partial charge >= 0.3 is 0 Å². The van der Waals surface area contributed by atoms with Gasteiger partial charge < -0.3 is 10.5 Å². The fourth-order valence-electron chi connectivity index (χ4n) is 1.62. The number of hydrogen-bond acceptors (Lipinski definition) is 3. The molecule has 3 nitrogen and oxygen atoms in total. The number of rotatable bonds is 3. The zero-order chi connectivity index (χ0) is 10.7. The number of benzene rings is 1. The highest BCUT2D eigenvalue weighted by Crippen LogP contribution is 2.17. The van der Waals surface area contributed by atoms with Gasteiger partial charge in [-0.05, 0) is 30.2 Å². The topological polar surface area (TPSA) is 47.6 Å². The van der Waals surface area contributed by atoms with Gasteiger partial charge in [0.1, 0.15) is 6.61 Å². The Hall–Kier alpha value is -1.35. The summed E-state index contributed by atoms with van der Waals surface area (Å²) in [6.45, 7) is 4.26. The van der Waals surface area contributed by atoms with Crippen LogP contribution in [0.3, 0.4) is 0 Å². The van der Waals surface area contributed by atoms with Crippen LogP contribution in [0.25, 0.3) is 0 Å². The molecule has 0 saturated carbocycles. The van der Waals surface area contributed by atoms with E-state index in [0.29, 0.717) is 19.1 Å². The lowest BCUT2D eigenvalue weighted by atomic mass is 9.99. The normalized spacial score (nSPS) is 17.1. The van der Waals surface area contributed by atoms with Crippen molar-refractivity contribution in [3.63, 3.8) is 0 Å². The van der Waals surface area contributed by atoms with Crippen LogP contribution >= 0.6 is 0 Å². The first-order valence-corrected chi connectivity index (χ1v) is 5.29. The third-order valence-corrected chi connectivity index (χ3v) is 2.64. The van der Waals surface area contributed by atoms with E-state index in [1.807, 2.05) is 12.1 Å². The first kappa shape index (κ1) is 10.2. The SMILES string of the molecule is CC(CN)c1cccc(C2=NCCO2)c1. The van der Waals surface area contributed by atoms with E-state index in [9.17, 15) is 0 Å². The van der Waals surface area contributed by atoms with Gasteiger partial charge in [-0.3, -0.25) is 0 Å². The Kier molecular flexibility index (Phi) is 3.02. The highest BCUT2D eigenvalue weighted by Gasteiger charge is 2.11. The van der Waals surface area contributed by atoms with Crippen LogP contribution in [0.2, 0.25) is 0 Å². The molecule has 0 aromatic heterocycles. The van der Waals surface area contributed by atoms with Crippen molar-refractivity contribution in [1.29, 1.82) is 0 Å². The zero-order valence-electron chi connectivity index (χ0n) is 8.94. The molecule has 80 valence electrons. The number of nitrogens with two attached hydrogens (primary N) is 1. The van der Waals surface area contributed by atoms with Crippen molar-refractivity contribution in [3.05, 3.63) is 35.4 Å². The molecule has 0 fully saturated rings. The number of hydrogen-bond donors (Lipinski definition) is 1. The van der Waals surface area contributed by atoms with Crippen LogP contribution in [0.5, 0.6) is 0 Å².